The molecule has 0 aliphatic carbocycles. The molecule has 0 aliphatic heterocycles. The maximum Gasteiger partial charge on any atom is 0.216 e. The van der Waals surface area contributed by atoms with E-state index in [1.807, 2.05) is 32.8 Å². The fraction of sp³-hybridized carbons (Fsp3) is 0.556. The molecule has 0 aliphatic rings. The lowest BCUT2D eigenvalue weighted by molar-refractivity contribution is 0.447. The van der Waals surface area contributed by atoms with E-state index in [0.717, 1.165) is 5.82 Å². The Bertz CT molecular complexity index is 271. The minimum atomic E-state index is 0.0300. The Kier molecular flexibility index (Phi) is 2.70. The van der Waals surface area contributed by atoms with Gasteiger partial charge in [-0.2, -0.15) is 4.98 Å². The van der Waals surface area contributed by atoms with Crippen molar-refractivity contribution in [3.8, 4) is 5.88 Å². The summed E-state index contributed by atoms with van der Waals surface area (Å²) in [5.74, 6) is 1.66. The molecule has 1 heterocycles. The highest BCUT2D eigenvalue weighted by Crippen LogP contribution is 2.18. The Labute approximate surface area is 78.2 Å². The van der Waals surface area contributed by atoms with E-state index >= 15 is 0 Å². The molecule has 13 heavy (non-hydrogen) atoms. The molecule has 0 saturated heterocycles. The van der Waals surface area contributed by atoms with E-state index in [-0.39, 0.29) is 11.8 Å². The maximum absolute atomic E-state index is 9.31. The van der Waals surface area contributed by atoms with Gasteiger partial charge in [-0.3, -0.25) is 0 Å². The summed E-state index contributed by atoms with van der Waals surface area (Å²) in [6, 6.07) is 1.55. The highest BCUT2D eigenvalue weighted by atomic mass is 16.3. The van der Waals surface area contributed by atoms with Crippen LogP contribution in [-0.2, 0) is 0 Å². The zero-order valence-electron chi connectivity index (χ0n) is 8.44. The van der Waals surface area contributed by atoms with Crippen LogP contribution < -0.4 is 4.90 Å². The number of aromatic nitrogens is 2. The lowest BCUT2D eigenvalue weighted by atomic mass is 10.2. The molecule has 0 radical (unpaired) electrons. The van der Waals surface area contributed by atoms with Gasteiger partial charge in [-0.25, -0.2) is 4.98 Å². The van der Waals surface area contributed by atoms with Crippen LogP contribution in [0.2, 0.25) is 0 Å². The first kappa shape index (κ1) is 9.77. The van der Waals surface area contributed by atoms with E-state index in [1.165, 1.54) is 0 Å². The van der Waals surface area contributed by atoms with Crippen molar-refractivity contribution in [1.29, 1.82) is 0 Å². The molecule has 0 unspecified atom stereocenters. The molecule has 0 fully saturated rings. The number of anilines is 1. The van der Waals surface area contributed by atoms with Crippen molar-refractivity contribution >= 4 is 5.82 Å². The van der Waals surface area contributed by atoms with Crippen molar-refractivity contribution in [1.82, 2.24) is 9.97 Å². The Morgan fingerprint density at radius 2 is 1.92 bits per heavy atom. The summed E-state index contributed by atoms with van der Waals surface area (Å²) in [4.78, 5) is 10.1. The van der Waals surface area contributed by atoms with E-state index in [9.17, 15) is 5.11 Å². The van der Waals surface area contributed by atoms with Crippen LogP contribution in [0.3, 0.4) is 0 Å². The summed E-state index contributed by atoms with van der Waals surface area (Å²) < 4.78 is 0. The lowest BCUT2D eigenvalue weighted by Crippen LogP contribution is -2.12. The largest absolute Gasteiger partial charge is 0.493 e. The SMILES string of the molecule is CC(C)c1nc(O)cc(N(C)C)n1. The third-order valence-corrected chi connectivity index (χ3v) is 1.69. The fourth-order valence-electron chi connectivity index (χ4n) is 0.927. The standard InChI is InChI=1S/C9H15N3O/c1-6(2)9-10-7(12(3)4)5-8(13)11-9/h5-6H,1-4H3,(H,10,11,13). The second-order valence-electron chi connectivity index (χ2n) is 3.49. The van der Waals surface area contributed by atoms with Gasteiger partial charge in [0.25, 0.3) is 0 Å². The molecule has 0 saturated carbocycles. The number of hydrogen-bond acceptors (Lipinski definition) is 4. The van der Waals surface area contributed by atoms with Gasteiger partial charge in [0, 0.05) is 26.1 Å². The van der Waals surface area contributed by atoms with Crippen LogP contribution in [0.1, 0.15) is 25.6 Å². The molecule has 1 aromatic heterocycles. The zero-order chi connectivity index (χ0) is 10.0. The Balaban J connectivity index is 3.11. The van der Waals surface area contributed by atoms with Gasteiger partial charge in [0.05, 0.1) is 0 Å². The molecular formula is C9H15N3O. The summed E-state index contributed by atoms with van der Waals surface area (Å²) >= 11 is 0. The highest BCUT2D eigenvalue weighted by molar-refractivity contribution is 5.39. The second kappa shape index (κ2) is 3.60. The van der Waals surface area contributed by atoms with Gasteiger partial charge in [0.2, 0.25) is 5.88 Å². The first-order valence-corrected chi connectivity index (χ1v) is 4.26. The first-order chi connectivity index (χ1) is 6.00. The van der Waals surface area contributed by atoms with Crippen molar-refractivity contribution < 1.29 is 5.11 Å². The van der Waals surface area contributed by atoms with Gasteiger partial charge in [0.15, 0.2) is 0 Å². The van der Waals surface area contributed by atoms with E-state index in [4.69, 9.17) is 0 Å². The molecule has 0 spiro atoms. The smallest absolute Gasteiger partial charge is 0.216 e. The average molecular weight is 181 g/mol. The summed E-state index contributed by atoms with van der Waals surface area (Å²) in [6.45, 7) is 3.99. The van der Waals surface area contributed by atoms with Crippen LogP contribution in [-0.4, -0.2) is 29.2 Å². The molecule has 0 amide bonds. The van der Waals surface area contributed by atoms with E-state index < -0.39 is 0 Å². The third-order valence-electron chi connectivity index (χ3n) is 1.69. The van der Waals surface area contributed by atoms with Crippen molar-refractivity contribution in [3.63, 3.8) is 0 Å². The van der Waals surface area contributed by atoms with Crippen LogP contribution in [0.15, 0.2) is 6.07 Å². The second-order valence-corrected chi connectivity index (χ2v) is 3.49. The third kappa shape index (κ3) is 2.31. The average Bonchev–Trinajstić information content (AvgIpc) is 2.03. The highest BCUT2D eigenvalue weighted by Gasteiger charge is 2.07. The van der Waals surface area contributed by atoms with E-state index in [0.29, 0.717) is 5.82 Å². The molecule has 0 atom stereocenters. The van der Waals surface area contributed by atoms with Gasteiger partial charge in [-0.05, 0) is 0 Å². The van der Waals surface area contributed by atoms with Crippen LogP contribution in [0.4, 0.5) is 5.82 Å². The van der Waals surface area contributed by atoms with Gasteiger partial charge in [-0.15, -0.1) is 0 Å². The molecular weight excluding hydrogens is 166 g/mol. The zero-order valence-corrected chi connectivity index (χ0v) is 8.44. The van der Waals surface area contributed by atoms with Crippen LogP contribution in [0.5, 0.6) is 5.88 Å². The van der Waals surface area contributed by atoms with E-state index in [2.05, 4.69) is 9.97 Å². The van der Waals surface area contributed by atoms with Crippen LogP contribution >= 0.6 is 0 Å². The molecule has 1 N–H and O–H groups in total. The normalized spacial score (nSPS) is 10.5. The maximum atomic E-state index is 9.31. The topological polar surface area (TPSA) is 49.3 Å². The quantitative estimate of drug-likeness (QED) is 0.748. The molecule has 4 nitrogen and oxygen atoms in total. The van der Waals surface area contributed by atoms with Crippen molar-refractivity contribution in [2.24, 2.45) is 0 Å². The van der Waals surface area contributed by atoms with Crippen LogP contribution in [0, 0.1) is 0 Å². The molecule has 0 aromatic carbocycles. The Morgan fingerprint density at radius 3 is 2.38 bits per heavy atom. The van der Waals surface area contributed by atoms with Gasteiger partial charge >= 0.3 is 0 Å². The number of nitrogens with zero attached hydrogens (tertiary/aromatic N) is 3. The molecule has 1 aromatic rings. The summed E-state index contributed by atoms with van der Waals surface area (Å²) in [5.41, 5.74) is 0. The van der Waals surface area contributed by atoms with Crippen molar-refractivity contribution in [3.05, 3.63) is 11.9 Å². The minimum Gasteiger partial charge on any atom is -0.493 e. The summed E-state index contributed by atoms with van der Waals surface area (Å²) in [5, 5.41) is 9.31. The monoisotopic (exact) mass is 181 g/mol. The summed E-state index contributed by atoms with van der Waals surface area (Å²) in [6.07, 6.45) is 0. The molecule has 4 heteroatoms. The van der Waals surface area contributed by atoms with Gasteiger partial charge < -0.3 is 10.0 Å². The molecule has 0 bridgehead atoms. The molecule has 1 rings (SSSR count). The predicted octanol–water partition coefficient (Wildman–Crippen LogP) is 1.37. The van der Waals surface area contributed by atoms with Gasteiger partial charge in [0.1, 0.15) is 11.6 Å². The number of hydrogen-bond donors (Lipinski definition) is 1. The predicted molar refractivity (Wildman–Crippen MR) is 52.1 cm³/mol. The Hall–Kier alpha value is -1.32. The number of aromatic hydroxyl groups is 1. The fourth-order valence-corrected chi connectivity index (χ4v) is 0.927. The lowest BCUT2D eigenvalue weighted by Gasteiger charge is -2.13. The van der Waals surface area contributed by atoms with Crippen LogP contribution in [0.25, 0.3) is 0 Å². The minimum absolute atomic E-state index is 0.0300. The van der Waals surface area contributed by atoms with E-state index in [1.54, 1.807) is 6.07 Å². The van der Waals surface area contributed by atoms with Gasteiger partial charge in [-0.1, -0.05) is 13.8 Å². The molecule has 72 valence electrons. The van der Waals surface area contributed by atoms with Crippen molar-refractivity contribution in [2.45, 2.75) is 19.8 Å². The van der Waals surface area contributed by atoms with Crippen molar-refractivity contribution in [2.75, 3.05) is 19.0 Å². The Morgan fingerprint density at radius 1 is 1.31 bits per heavy atom. The first-order valence-electron chi connectivity index (χ1n) is 4.26. The summed E-state index contributed by atoms with van der Waals surface area (Å²) in [7, 11) is 3.76. The number of rotatable bonds is 2.